The minimum absolute atomic E-state index is 0.215. The van der Waals surface area contributed by atoms with Crippen LogP contribution in [0.25, 0.3) is 0 Å². The highest BCUT2D eigenvalue weighted by molar-refractivity contribution is 7.99. The van der Waals surface area contributed by atoms with Crippen LogP contribution in [0, 0.1) is 0 Å². The van der Waals surface area contributed by atoms with E-state index < -0.39 is 15.5 Å². The standard InChI is InChI=1S/C13H8Cl2F3NO2S2/c14-8-2-1-3-10(6-8)22-12-7-9(15)4-5-11(12)19-23(20,21)13(16,17)18/h1-7,19H. The van der Waals surface area contributed by atoms with Crippen molar-refractivity contribution in [1.29, 1.82) is 0 Å². The maximum Gasteiger partial charge on any atom is 0.516 e. The Morgan fingerprint density at radius 1 is 1.00 bits per heavy atom. The fourth-order valence-corrected chi connectivity index (χ4v) is 3.67. The molecule has 3 nitrogen and oxygen atoms in total. The number of hydrogen-bond donors (Lipinski definition) is 1. The summed E-state index contributed by atoms with van der Waals surface area (Å²) in [5.74, 6) is 0. The van der Waals surface area contributed by atoms with Gasteiger partial charge in [-0.05, 0) is 36.4 Å². The van der Waals surface area contributed by atoms with Crippen LogP contribution in [0.1, 0.15) is 0 Å². The third kappa shape index (κ3) is 4.69. The zero-order valence-electron chi connectivity index (χ0n) is 11.1. The van der Waals surface area contributed by atoms with Gasteiger partial charge < -0.3 is 0 Å². The SMILES string of the molecule is O=S(=O)(Nc1ccc(Cl)cc1Sc1cccc(Cl)c1)C(F)(F)F. The third-order valence-corrected chi connectivity index (χ3v) is 5.13. The molecule has 0 radical (unpaired) electrons. The van der Waals surface area contributed by atoms with Gasteiger partial charge in [-0.2, -0.15) is 21.6 Å². The van der Waals surface area contributed by atoms with Crippen molar-refractivity contribution < 1.29 is 21.6 Å². The molecule has 0 fully saturated rings. The molecule has 2 aromatic carbocycles. The molecule has 2 rings (SSSR count). The van der Waals surface area contributed by atoms with Gasteiger partial charge in [-0.15, -0.1) is 0 Å². The molecule has 0 bridgehead atoms. The molecule has 0 aliphatic carbocycles. The molecule has 2 aromatic rings. The van der Waals surface area contributed by atoms with Crippen molar-refractivity contribution in [2.24, 2.45) is 0 Å². The van der Waals surface area contributed by atoms with E-state index in [0.717, 1.165) is 11.8 Å². The fraction of sp³-hybridized carbons (Fsp3) is 0.0769. The number of anilines is 1. The predicted octanol–water partition coefficient (Wildman–Crippen LogP) is 5.41. The van der Waals surface area contributed by atoms with E-state index in [-0.39, 0.29) is 15.6 Å². The first-order chi connectivity index (χ1) is 10.6. The van der Waals surface area contributed by atoms with Gasteiger partial charge in [0.2, 0.25) is 0 Å². The second-order valence-electron chi connectivity index (χ2n) is 4.25. The Kier molecular flexibility index (Phi) is 5.40. The lowest BCUT2D eigenvalue weighted by Crippen LogP contribution is -2.30. The van der Waals surface area contributed by atoms with E-state index >= 15 is 0 Å². The van der Waals surface area contributed by atoms with Crippen molar-refractivity contribution in [3.63, 3.8) is 0 Å². The van der Waals surface area contributed by atoms with Crippen molar-refractivity contribution in [3.05, 3.63) is 52.5 Å². The average Bonchev–Trinajstić information content (AvgIpc) is 2.40. The summed E-state index contributed by atoms with van der Waals surface area (Å²) in [5.41, 5.74) is -5.64. The van der Waals surface area contributed by atoms with Crippen molar-refractivity contribution >= 4 is 50.7 Å². The van der Waals surface area contributed by atoms with Gasteiger partial charge in [0.15, 0.2) is 0 Å². The number of alkyl halides is 3. The Morgan fingerprint density at radius 3 is 2.26 bits per heavy atom. The van der Waals surface area contributed by atoms with Crippen LogP contribution in [0.3, 0.4) is 0 Å². The number of nitrogens with one attached hydrogen (secondary N) is 1. The van der Waals surface area contributed by atoms with Crippen LogP contribution in [0.4, 0.5) is 18.9 Å². The van der Waals surface area contributed by atoms with Crippen LogP contribution in [0.15, 0.2) is 52.3 Å². The van der Waals surface area contributed by atoms with E-state index in [1.807, 2.05) is 0 Å². The highest BCUT2D eigenvalue weighted by atomic mass is 35.5. The molecule has 0 spiro atoms. The van der Waals surface area contributed by atoms with Crippen LogP contribution in [0.5, 0.6) is 0 Å². The molecular formula is C13H8Cl2F3NO2S2. The van der Waals surface area contributed by atoms with Crippen molar-refractivity contribution in [1.82, 2.24) is 0 Å². The Hall–Kier alpha value is -1.09. The number of rotatable bonds is 4. The third-order valence-electron chi connectivity index (χ3n) is 2.52. The van der Waals surface area contributed by atoms with Crippen LogP contribution in [-0.2, 0) is 10.0 Å². The first kappa shape index (κ1) is 18.3. The summed E-state index contributed by atoms with van der Waals surface area (Å²) in [6.45, 7) is 0. The van der Waals surface area contributed by atoms with Crippen LogP contribution >= 0.6 is 35.0 Å². The van der Waals surface area contributed by atoms with E-state index in [1.165, 1.54) is 22.9 Å². The Balaban J connectivity index is 2.39. The van der Waals surface area contributed by atoms with E-state index in [2.05, 4.69) is 0 Å². The monoisotopic (exact) mass is 401 g/mol. The molecule has 124 valence electrons. The molecule has 0 amide bonds. The molecule has 0 heterocycles. The summed E-state index contributed by atoms with van der Waals surface area (Å²) in [6, 6.07) is 10.4. The van der Waals surface area contributed by atoms with E-state index in [1.54, 1.807) is 24.3 Å². The average molecular weight is 402 g/mol. The Bertz CT molecular complexity index is 826. The topological polar surface area (TPSA) is 46.2 Å². The zero-order chi connectivity index (χ0) is 17.3. The first-order valence-electron chi connectivity index (χ1n) is 5.90. The molecule has 0 aliphatic heterocycles. The van der Waals surface area contributed by atoms with Gasteiger partial charge in [0, 0.05) is 19.8 Å². The number of benzene rings is 2. The van der Waals surface area contributed by atoms with Gasteiger partial charge in [-0.1, -0.05) is 41.0 Å². The van der Waals surface area contributed by atoms with E-state index in [4.69, 9.17) is 23.2 Å². The smallest absolute Gasteiger partial charge is 0.275 e. The van der Waals surface area contributed by atoms with Gasteiger partial charge in [0.25, 0.3) is 0 Å². The molecule has 0 saturated carbocycles. The summed E-state index contributed by atoms with van der Waals surface area (Å²) in [4.78, 5) is 0.833. The second kappa shape index (κ2) is 6.80. The van der Waals surface area contributed by atoms with Crippen molar-refractivity contribution in [2.75, 3.05) is 4.72 Å². The summed E-state index contributed by atoms with van der Waals surface area (Å²) in [7, 11) is -5.52. The van der Waals surface area contributed by atoms with E-state index in [0.29, 0.717) is 9.92 Å². The summed E-state index contributed by atoms with van der Waals surface area (Å²) in [5, 5.41) is 0.693. The summed E-state index contributed by atoms with van der Waals surface area (Å²) >= 11 is 12.7. The number of halogens is 5. The first-order valence-corrected chi connectivity index (χ1v) is 8.96. The molecular weight excluding hydrogens is 394 g/mol. The maximum absolute atomic E-state index is 12.5. The lowest BCUT2D eigenvalue weighted by atomic mass is 10.3. The summed E-state index contributed by atoms with van der Waals surface area (Å²) < 4.78 is 61.6. The van der Waals surface area contributed by atoms with Crippen LogP contribution < -0.4 is 4.72 Å². The van der Waals surface area contributed by atoms with Crippen molar-refractivity contribution in [2.45, 2.75) is 15.3 Å². The molecule has 0 aliphatic rings. The second-order valence-corrected chi connectivity index (χ2v) is 7.91. The predicted molar refractivity (Wildman–Crippen MR) is 85.6 cm³/mol. The van der Waals surface area contributed by atoms with Gasteiger partial charge in [0.1, 0.15) is 0 Å². The molecule has 0 unspecified atom stereocenters. The largest absolute Gasteiger partial charge is 0.516 e. The minimum atomic E-state index is -5.52. The lowest BCUT2D eigenvalue weighted by Gasteiger charge is -2.14. The Morgan fingerprint density at radius 2 is 1.65 bits per heavy atom. The molecule has 0 saturated heterocycles. The number of hydrogen-bond acceptors (Lipinski definition) is 3. The normalized spacial score (nSPS) is 12.2. The summed E-state index contributed by atoms with van der Waals surface area (Å²) in [6.07, 6.45) is 0. The molecule has 0 atom stereocenters. The van der Waals surface area contributed by atoms with Gasteiger partial charge >= 0.3 is 15.5 Å². The van der Waals surface area contributed by atoms with Gasteiger partial charge in [-0.25, -0.2) is 0 Å². The fourth-order valence-electron chi connectivity index (χ4n) is 1.53. The van der Waals surface area contributed by atoms with Crippen LogP contribution in [0.2, 0.25) is 10.0 Å². The van der Waals surface area contributed by atoms with Crippen molar-refractivity contribution in [3.8, 4) is 0 Å². The van der Waals surface area contributed by atoms with Gasteiger partial charge in [-0.3, -0.25) is 4.72 Å². The van der Waals surface area contributed by atoms with Crippen LogP contribution in [-0.4, -0.2) is 13.9 Å². The highest BCUT2D eigenvalue weighted by Gasteiger charge is 2.46. The number of sulfonamides is 1. The Labute approximate surface area is 144 Å². The molecule has 0 aromatic heterocycles. The molecule has 10 heteroatoms. The molecule has 23 heavy (non-hydrogen) atoms. The lowest BCUT2D eigenvalue weighted by molar-refractivity contribution is -0.0429. The maximum atomic E-state index is 12.5. The van der Waals surface area contributed by atoms with Gasteiger partial charge in [0.05, 0.1) is 5.69 Å². The van der Waals surface area contributed by atoms with E-state index in [9.17, 15) is 21.6 Å². The highest BCUT2D eigenvalue weighted by Crippen LogP contribution is 2.38. The molecule has 1 N–H and O–H groups in total. The minimum Gasteiger partial charge on any atom is -0.275 e. The zero-order valence-corrected chi connectivity index (χ0v) is 14.2. The quantitative estimate of drug-likeness (QED) is 0.744.